The number of hydrogen-bond donors (Lipinski definition) is 0. The molecule has 1 saturated heterocycles. The van der Waals surface area contributed by atoms with Gasteiger partial charge in [0.05, 0.1) is 13.7 Å². The van der Waals surface area contributed by atoms with Crippen LogP contribution in [0.5, 0.6) is 11.5 Å². The van der Waals surface area contributed by atoms with Crippen molar-refractivity contribution in [3.8, 4) is 22.1 Å². The molecule has 0 unspecified atom stereocenters. The number of amides is 1. The van der Waals surface area contributed by atoms with Gasteiger partial charge in [0, 0.05) is 50.8 Å². The molecule has 1 amide bonds. The van der Waals surface area contributed by atoms with Gasteiger partial charge in [0.25, 0.3) is 5.91 Å². The number of carbonyl (C=O) groups excluding carboxylic acids is 1. The van der Waals surface area contributed by atoms with Crippen LogP contribution in [0, 0.1) is 5.82 Å². The van der Waals surface area contributed by atoms with Gasteiger partial charge in [0.1, 0.15) is 23.1 Å². The van der Waals surface area contributed by atoms with Crippen molar-refractivity contribution >= 4 is 17.2 Å². The number of piperazine rings is 1. The molecule has 0 radical (unpaired) electrons. The molecule has 3 aromatic rings. The summed E-state index contributed by atoms with van der Waals surface area (Å²) in [5.41, 5.74) is 2.02. The molecule has 1 fully saturated rings. The lowest BCUT2D eigenvalue weighted by Gasteiger charge is -2.34. The van der Waals surface area contributed by atoms with Crippen LogP contribution < -0.4 is 9.47 Å². The Morgan fingerprint density at radius 3 is 2.65 bits per heavy atom. The maximum absolute atomic E-state index is 13.4. The lowest BCUT2D eigenvalue weighted by atomic mass is 10.2. The summed E-state index contributed by atoms with van der Waals surface area (Å²) in [5.74, 6) is 0.750. The second-order valence-electron chi connectivity index (χ2n) is 7.95. The van der Waals surface area contributed by atoms with Gasteiger partial charge in [-0.2, -0.15) is 0 Å². The number of thiazole rings is 1. The smallest absolute Gasteiger partial charge is 0.273 e. The first kappa shape index (κ1) is 24.1. The fraction of sp³-hybridized carbons (Fsp3) is 0.360. The zero-order valence-corrected chi connectivity index (χ0v) is 20.1. The lowest BCUT2D eigenvalue weighted by molar-refractivity contribution is 0.0589. The minimum Gasteiger partial charge on any atom is -0.493 e. The maximum atomic E-state index is 13.4. The Bertz CT molecular complexity index is 1120. The van der Waals surface area contributed by atoms with Crippen LogP contribution in [0.15, 0.2) is 47.8 Å². The maximum Gasteiger partial charge on any atom is 0.273 e. The van der Waals surface area contributed by atoms with Crippen LogP contribution >= 0.6 is 11.3 Å². The molecule has 34 heavy (non-hydrogen) atoms. The topological polar surface area (TPSA) is 64.1 Å². The summed E-state index contributed by atoms with van der Waals surface area (Å²) < 4.78 is 29.9. The molecule has 0 bridgehead atoms. The Morgan fingerprint density at radius 1 is 1.09 bits per heavy atom. The molecule has 0 spiro atoms. The monoisotopic (exact) mass is 485 g/mol. The molecule has 1 aliphatic rings. The van der Waals surface area contributed by atoms with Gasteiger partial charge in [0.15, 0.2) is 11.5 Å². The van der Waals surface area contributed by atoms with Crippen molar-refractivity contribution in [3.05, 3.63) is 64.9 Å². The highest BCUT2D eigenvalue weighted by atomic mass is 32.1. The van der Waals surface area contributed by atoms with Crippen molar-refractivity contribution in [2.45, 2.75) is 6.61 Å². The molecule has 1 aromatic heterocycles. The molecule has 2 heterocycles. The summed E-state index contributed by atoms with van der Waals surface area (Å²) in [6, 6.07) is 11.8. The molecule has 0 saturated carbocycles. The van der Waals surface area contributed by atoms with E-state index in [1.807, 2.05) is 17.0 Å². The Balaban J connectivity index is 1.40. The average molecular weight is 486 g/mol. The van der Waals surface area contributed by atoms with Crippen molar-refractivity contribution in [2.24, 2.45) is 0 Å². The molecule has 180 valence electrons. The summed E-state index contributed by atoms with van der Waals surface area (Å²) in [4.78, 5) is 21.7. The molecule has 0 aliphatic carbocycles. The molecule has 9 heteroatoms. The summed E-state index contributed by atoms with van der Waals surface area (Å²) in [6.45, 7) is 4.83. The number of hydrogen-bond acceptors (Lipinski definition) is 7. The largest absolute Gasteiger partial charge is 0.493 e. The summed E-state index contributed by atoms with van der Waals surface area (Å²) >= 11 is 1.42. The molecule has 0 atom stereocenters. The van der Waals surface area contributed by atoms with Crippen molar-refractivity contribution < 1.29 is 23.4 Å². The lowest BCUT2D eigenvalue weighted by Crippen LogP contribution is -2.49. The molecular weight excluding hydrogens is 457 g/mol. The van der Waals surface area contributed by atoms with E-state index in [0.29, 0.717) is 36.9 Å². The quantitative estimate of drug-likeness (QED) is 0.458. The number of halogens is 1. The van der Waals surface area contributed by atoms with Crippen molar-refractivity contribution in [1.29, 1.82) is 0 Å². The predicted molar refractivity (Wildman–Crippen MR) is 129 cm³/mol. The van der Waals surface area contributed by atoms with Crippen molar-refractivity contribution in [1.82, 2.24) is 14.8 Å². The summed E-state index contributed by atoms with van der Waals surface area (Å²) in [6.07, 6.45) is 0. The number of ether oxygens (including phenoxy) is 3. The normalized spacial score (nSPS) is 14.3. The fourth-order valence-electron chi connectivity index (χ4n) is 3.77. The van der Waals surface area contributed by atoms with E-state index in [1.165, 1.54) is 23.5 Å². The highest BCUT2D eigenvalue weighted by Crippen LogP contribution is 2.34. The molecule has 7 nitrogen and oxygen atoms in total. The minimum absolute atomic E-state index is 0.0455. The molecule has 2 aromatic carbocycles. The van der Waals surface area contributed by atoms with Crippen LogP contribution in [0.3, 0.4) is 0 Å². The van der Waals surface area contributed by atoms with E-state index in [1.54, 1.807) is 37.8 Å². The Labute approximate surface area is 202 Å². The summed E-state index contributed by atoms with van der Waals surface area (Å²) in [7, 11) is 3.26. The van der Waals surface area contributed by atoms with Gasteiger partial charge in [-0.3, -0.25) is 9.69 Å². The van der Waals surface area contributed by atoms with Crippen molar-refractivity contribution in [2.75, 3.05) is 53.6 Å². The van der Waals surface area contributed by atoms with E-state index in [0.717, 1.165) is 35.8 Å². The van der Waals surface area contributed by atoms with Crippen molar-refractivity contribution in [3.63, 3.8) is 0 Å². The fourth-order valence-corrected chi connectivity index (χ4v) is 4.56. The van der Waals surface area contributed by atoms with Crippen LogP contribution in [-0.2, 0) is 11.3 Å². The Morgan fingerprint density at radius 2 is 1.91 bits per heavy atom. The first-order chi connectivity index (χ1) is 16.6. The summed E-state index contributed by atoms with van der Waals surface area (Å²) in [5, 5.41) is 2.53. The Kier molecular flexibility index (Phi) is 8.10. The second kappa shape index (κ2) is 11.4. The number of aromatic nitrogens is 1. The van der Waals surface area contributed by atoms with Gasteiger partial charge in [-0.05, 0) is 35.9 Å². The van der Waals surface area contributed by atoms with E-state index in [2.05, 4.69) is 9.88 Å². The van der Waals surface area contributed by atoms with Gasteiger partial charge in [-0.15, -0.1) is 11.3 Å². The van der Waals surface area contributed by atoms with E-state index >= 15 is 0 Å². The van der Waals surface area contributed by atoms with Gasteiger partial charge in [-0.1, -0.05) is 12.1 Å². The Hall–Kier alpha value is -3.01. The molecule has 4 rings (SSSR count). The van der Waals surface area contributed by atoms with Gasteiger partial charge < -0.3 is 19.1 Å². The number of benzene rings is 2. The standard InChI is InChI=1S/C25H28FN3O4S/c1-31-13-12-28-8-10-29(11-9-28)25(30)21-17-34-24(27-21)19-6-7-22(23(15-19)32-2)33-16-18-4-3-5-20(26)14-18/h3-7,14-15,17H,8-13,16H2,1-2H3. The van der Waals surface area contributed by atoms with Gasteiger partial charge in [-0.25, -0.2) is 9.37 Å². The molecule has 1 aliphatic heterocycles. The van der Waals surface area contributed by atoms with Crippen LogP contribution in [0.1, 0.15) is 16.1 Å². The van der Waals surface area contributed by atoms with Gasteiger partial charge in [0.2, 0.25) is 0 Å². The first-order valence-electron chi connectivity index (χ1n) is 11.1. The predicted octanol–water partition coefficient (Wildman–Crippen LogP) is 3.94. The zero-order chi connectivity index (χ0) is 23.9. The van der Waals surface area contributed by atoms with Crippen LogP contribution in [0.25, 0.3) is 10.6 Å². The SMILES string of the molecule is COCCN1CCN(C(=O)c2csc(-c3ccc(OCc4cccc(F)c4)c(OC)c3)n2)CC1. The number of carbonyl (C=O) groups is 1. The van der Waals surface area contributed by atoms with Crippen LogP contribution in [0.2, 0.25) is 0 Å². The average Bonchev–Trinajstić information content (AvgIpc) is 3.36. The zero-order valence-electron chi connectivity index (χ0n) is 19.3. The highest BCUT2D eigenvalue weighted by Gasteiger charge is 2.24. The molecule has 0 N–H and O–H groups in total. The third-order valence-corrected chi connectivity index (χ3v) is 6.58. The second-order valence-corrected chi connectivity index (χ2v) is 8.81. The minimum atomic E-state index is -0.300. The first-order valence-corrected chi connectivity index (χ1v) is 12.0. The number of rotatable bonds is 9. The van der Waals surface area contributed by atoms with E-state index in [-0.39, 0.29) is 18.3 Å². The van der Waals surface area contributed by atoms with E-state index < -0.39 is 0 Å². The van der Waals surface area contributed by atoms with E-state index in [4.69, 9.17) is 14.2 Å². The van der Waals surface area contributed by atoms with Gasteiger partial charge >= 0.3 is 0 Å². The van der Waals surface area contributed by atoms with Crippen LogP contribution in [0.4, 0.5) is 4.39 Å². The number of methoxy groups -OCH3 is 2. The van der Waals surface area contributed by atoms with E-state index in [9.17, 15) is 9.18 Å². The number of nitrogens with zero attached hydrogens (tertiary/aromatic N) is 3. The third kappa shape index (κ3) is 5.91. The van der Waals surface area contributed by atoms with Crippen LogP contribution in [-0.4, -0.2) is 74.2 Å². The third-order valence-electron chi connectivity index (χ3n) is 5.69. The molecular formula is C25H28FN3O4S. The highest BCUT2D eigenvalue weighted by molar-refractivity contribution is 7.13.